The Morgan fingerprint density at radius 1 is 0.909 bits per heavy atom. The first kappa shape index (κ1) is 22.5. The van der Waals surface area contributed by atoms with Gasteiger partial charge in [-0.2, -0.15) is 0 Å². The Kier molecular flexibility index (Phi) is 5.71. The molecule has 1 aliphatic rings. The van der Waals surface area contributed by atoms with E-state index >= 15 is 0 Å². The minimum absolute atomic E-state index is 0.103. The van der Waals surface area contributed by atoms with Crippen molar-refractivity contribution in [2.75, 3.05) is 28.3 Å². The van der Waals surface area contributed by atoms with Gasteiger partial charge in [-0.15, -0.1) is 0 Å². The van der Waals surface area contributed by atoms with Crippen molar-refractivity contribution in [1.29, 1.82) is 0 Å². The summed E-state index contributed by atoms with van der Waals surface area (Å²) in [6.07, 6.45) is 1.17. The van der Waals surface area contributed by atoms with E-state index in [0.717, 1.165) is 11.1 Å². The summed E-state index contributed by atoms with van der Waals surface area (Å²) in [6.45, 7) is 3.76. The molecule has 3 aromatic rings. The second-order valence-electron chi connectivity index (χ2n) is 8.28. The first-order valence-corrected chi connectivity index (χ1v) is 12.4. The quantitative estimate of drug-likeness (QED) is 0.597. The Balaban J connectivity index is 1.81. The van der Waals surface area contributed by atoms with E-state index in [-0.39, 0.29) is 22.8 Å². The maximum Gasteiger partial charge on any atom is 0.258 e. The molecular weight excluding hydrogens is 438 g/mol. The number of hydrogen-bond acceptors (Lipinski definition) is 5. The van der Waals surface area contributed by atoms with Crippen molar-refractivity contribution < 1.29 is 18.0 Å². The first-order chi connectivity index (χ1) is 15.6. The van der Waals surface area contributed by atoms with E-state index in [1.54, 1.807) is 58.3 Å². The molecule has 1 unspecified atom stereocenters. The Labute approximate surface area is 193 Å². The van der Waals surface area contributed by atoms with Crippen LogP contribution in [0.5, 0.6) is 0 Å². The van der Waals surface area contributed by atoms with Crippen LogP contribution < -0.4 is 15.5 Å². The predicted molar refractivity (Wildman–Crippen MR) is 130 cm³/mol. The van der Waals surface area contributed by atoms with Gasteiger partial charge in [-0.3, -0.25) is 9.59 Å². The third-order valence-electron chi connectivity index (χ3n) is 5.77. The molecule has 0 bridgehead atoms. The highest BCUT2D eigenvalue weighted by Crippen LogP contribution is 2.39. The summed E-state index contributed by atoms with van der Waals surface area (Å²) in [5.74, 6) is -0.288. The minimum atomic E-state index is -3.30. The number of carbonyl (C=O) groups excluding carboxylic acids is 2. The number of fused-ring (bicyclic) bond motifs is 1. The van der Waals surface area contributed by atoms with E-state index < -0.39 is 9.84 Å². The van der Waals surface area contributed by atoms with Crippen LogP contribution in [0.3, 0.4) is 0 Å². The lowest BCUT2D eigenvalue weighted by atomic mass is 10.00. The van der Waals surface area contributed by atoms with E-state index in [4.69, 9.17) is 5.73 Å². The Hall–Kier alpha value is -3.65. The molecule has 33 heavy (non-hydrogen) atoms. The molecular formula is C25H25N3O4S. The van der Waals surface area contributed by atoms with Crippen LogP contribution >= 0.6 is 0 Å². The van der Waals surface area contributed by atoms with Crippen molar-refractivity contribution in [3.8, 4) is 11.1 Å². The molecule has 1 heterocycles. The zero-order valence-electron chi connectivity index (χ0n) is 18.6. The highest BCUT2D eigenvalue weighted by Gasteiger charge is 2.34. The van der Waals surface area contributed by atoms with Crippen molar-refractivity contribution in [1.82, 2.24) is 0 Å². The molecule has 0 spiro atoms. The Morgan fingerprint density at radius 3 is 2.09 bits per heavy atom. The zero-order valence-corrected chi connectivity index (χ0v) is 19.5. The topological polar surface area (TPSA) is 101 Å². The largest absolute Gasteiger partial charge is 0.399 e. The van der Waals surface area contributed by atoms with Crippen molar-refractivity contribution >= 4 is 38.7 Å². The number of carbonyl (C=O) groups is 2. The van der Waals surface area contributed by atoms with Crippen LogP contribution in [0.15, 0.2) is 71.6 Å². The van der Waals surface area contributed by atoms with Gasteiger partial charge in [0.05, 0.1) is 22.3 Å². The first-order valence-electron chi connectivity index (χ1n) is 10.5. The second kappa shape index (κ2) is 8.37. The summed E-state index contributed by atoms with van der Waals surface area (Å²) in [5, 5.41) is 0. The monoisotopic (exact) mass is 463 g/mol. The molecule has 0 saturated carbocycles. The molecule has 0 saturated heterocycles. The van der Waals surface area contributed by atoms with Crippen LogP contribution in [-0.2, 0) is 14.6 Å². The van der Waals surface area contributed by atoms with Crippen molar-refractivity contribution in [2.45, 2.75) is 24.8 Å². The van der Waals surface area contributed by atoms with E-state index in [9.17, 15) is 18.0 Å². The average molecular weight is 464 g/mol. The summed E-state index contributed by atoms with van der Waals surface area (Å²) in [6, 6.07) is 18.7. The summed E-state index contributed by atoms with van der Waals surface area (Å²) in [7, 11) is -3.30. The molecule has 3 aromatic carbocycles. The average Bonchev–Trinajstić information content (AvgIpc) is 2.77. The molecule has 1 aliphatic heterocycles. The summed E-state index contributed by atoms with van der Waals surface area (Å²) < 4.78 is 23.6. The van der Waals surface area contributed by atoms with Crippen LogP contribution in [0.25, 0.3) is 11.1 Å². The fourth-order valence-corrected chi connectivity index (χ4v) is 4.78. The number of hydrogen-bond donors (Lipinski definition) is 1. The predicted octanol–water partition coefficient (Wildman–Crippen LogP) is 3.74. The number of nitrogens with zero attached hydrogens (tertiary/aromatic N) is 2. The highest BCUT2D eigenvalue weighted by molar-refractivity contribution is 7.90. The van der Waals surface area contributed by atoms with E-state index in [2.05, 4.69) is 0 Å². The number of nitrogens with two attached hydrogens (primary N) is 1. The molecule has 1 atom stereocenters. The highest BCUT2D eigenvalue weighted by atomic mass is 32.2. The molecule has 8 heteroatoms. The fraction of sp³-hybridized carbons (Fsp3) is 0.200. The van der Waals surface area contributed by atoms with Crippen molar-refractivity contribution in [3.05, 3.63) is 72.3 Å². The molecule has 0 radical (unpaired) electrons. The van der Waals surface area contributed by atoms with E-state index in [0.29, 0.717) is 29.2 Å². The van der Waals surface area contributed by atoms with Gasteiger partial charge >= 0.3 is 0 Å². The standard InChI is InChI=1S/C25H25N3O4S/c1-16-15-27(25(30)19-4-9-21(26)10-5-19)24-14-20(8-13-23(24)28(16)17(2)29)18-6-11-22(12-7-18)33(3,31)32/h4-14,16H,15,26H2,1-3H3. The molecule has 170 valence electrons. The number of rotatable bonds is 3. The maximum atomic E-state index is 13.4. The molecule has 2 N–H and O–H groups in total. The number of nitrogen functional groups attached to an aromatic ring is 1. The number of benzene rings is 3. The smallest absolute Gasteiger partial charge is 0.258 e. The number of anilines is 3. The van der Waals surface area contributed by atoms with Gasteiger partial charge in [0.15, 0.2) is 9.84 Å². The van der Waals surface area contributed by atoms with Gasteiger partial charge in [0.1, 0.15) is 0 Å². The van der Waals surface area contributed by atoms with Crippen LogP contribution in [-0.4, -0.2) is 39.1 Å². The molecule has 0 aromatic heterocycles. The Bertz CT molecular complexity index is 1330. The third-order valence-corrected chi connectivity index (χ3v) is 6.90. The number of sulfone groups is 1. The van der Waals surface area contributed by atoms with Crippen LogP contribution in [0.4, 0.5) is 17.1 Å². The molecule has 0 aliphatic carbocycles. The lowest BCUT2D eigenvalue weighted by Gasteiger charge is -2.41. The lowest BCUT2D eigenvalue weighted by Crippen LogP contribution is -2.51. The van der Waals surface area contributed by atoms with Gasteiger partial charge in [-0.1, -0.05) is 18.2 Å². The van der Waals surface area contributed by atoms with Gasteiger partial charge in [0.2, 0.25) is 5.91 Å². The normalized spacial score (nSPS) is 15.8. The second-order valence-corrected chi connectivity index (χ2v) is 10.3. The van der Waals surface area contributed by atoms with Crippen molar-refractivity contribution in [3.63, 3.8) is 0 Å². The summed E-state index contributed by atoms with van der Waals surface area (Å²) in [4.78, 5) is 29.4. The van der Waals surface area contributed by atoms with Gasteiger partial charge in [0.25, 0.3) is 5.91 Å². The third kappa shape index (κ3) is 4.34. The van der Waals surface area contributed by atoms with E-state index in [1.165, 1.54) is 13.2 Å². The van der Waals surface area contributed by atoms with E-state index in [1.807, 2.05) is 25.1 Å². The van der Waals surface area contributed by atoms with Gasteiger partial charge in [-0.25, -0.2) is 8.42 Å². The van der Waals surface area contributed by atoms with Gasteiger partial charge in [0, 0.05) is 31.0 Å². The van der Waals surface area contributed by atoms with Crippen LogP contribution in [0.1, 0.15) is 24.2 Å². The molecule has 4 rings (SSSR count). The SMILES string of the molecule is CC(=O)N1c2ccc(-c3ccc(S(C)(=O)=O)cc3)cc2N(C(=O)c2ccc(N)cc2)CC1C. The van der Waals surface area contributed by atoms with Gasteiger partial charge < -0.3 is 15.5 Å². The van der Waals surface area contributed by atoms with Crippen LogP contribution in [0.2, 0.25) is 0 Å². The molecule has 0 fully saturated rings. The fourth-order valence-electron chi connectivity index (χ4n) is 4.15. The van der Waals surface area contributed by atoms with Gasteiger partial charge in [-0.05, 0) is 66.6 Å². The summed E-state index contributed by atoms with van der Waals surface area (Å²) in [5.41, 5.74) is 9.73. The Morgan fingerprint density at radius 2 is 1.52 bits per heavy atom. The zero-order chi connectivity index (χ0) is 23.9. The summed E-state index contributed by atoms with van der Waals surface area (Å²) >= 11 is 0. The van der Waals surface area contributed by atoms with Crippen LogP contribution in [0, 0.1) is 0 Å². The molecule has 7 nitrogen and oxygen atoms in total. The van der Waals surface area contributed by atoms with Crippen molar-refractivity contribution in [2.24, 2.45) is 0 Å². The number of amides is 2. The maximum absolute atomic E-state index is 13.4. The molecule has 2 amide bonds. The lowest BCUT2D eigenvalue weighted by molar-refractivity contribution is -0.117. The minimum Gasteiger partial charge on any atom is -0.399 e.